The lowest BCUT2D eigenvalue weighted by Crippen LogP contribution is -2.29. The number of benzene rings is 2. The zero-order chi connectivity index (χ0) is 26.8. The lowest BCUT2D eigenvalue weighted by Gasteiger charge is -2.25. The second-order valence-electron chi connectivity index (χ2n) is 8.47. The molecule has 0 bridgehead atoms. The van der Waals surface area contributed by atoms with Crippen molar-refractivity contribution < 1.29 is 41.5 Å². The Morgan fingerprint density at radius 2 is 1.80 bits per heavy atom. The van der Waals surface area contributed by atoms with Gasteiger partial charge in [-0.3, -0.25) is 24.0 Å². The van der Waals surface area contributed by atoms with E-state index < -0.39 is 47.4 Å². The molecule has 0 aromatic heterocycles. The van der Waals surface area contributed by atoms with E-state index in [-0.39, 0.29) is 28.0 Å². The molecule has 0 radical (unpaired) electrons. The van der Waals surface area contributed by atoms with Crippen molar-refractivity contribution in [3.63, 3.8) is 0 Å². The van der Waals surface area contributed by atoms with E-state index in [1.165, 1.54) is 19.9 Å². The Labute approximate surface area is 204 Å². The van der Waals surface area contributed by atoms with Crippen LogP contribution in [-0.4, -0.2) is 23.3 Å². The first-order valence-electron chi connectivity index (χ1n) is 10.3. The minimum absolute atomic E-state index is 0.0797. The van der Waals surface area contributed by atoms with Crippen LogP contribution in [0.4, 0.5) is 18.9 Å². The van der Waals surface area contributed by atoms with E-state index in [1.54, 1.807) is 20.8 Å². The maximum absolute atomic E-state index is 13.7. The standard InChI is InChI=1S/C22H24ClF3NO7P/c1-6-35(31,34-13(2)32-20(28)21(3,4)5)19-12-15(8-9-17(19)27(29)30)33-18-10-7-14(11-16(18)23)22(24,25)26/h7-13H,6H2,1-5H3. The van der Waals surface area contributed by atoms with E-state index in [1.807, 2.05) is 0 Å². The summed E-state index contributed by atoms with van der Waals surface area (Å²) < 4.78 is 68.5. The number of nitro benzene ring substituents is 1. The minimum atomic E-state index is -4.61. The molecule has 192 valence electrons. The average molecular weight is 538 g/mol. The molecule has 0 fully saturated rings. The summed E-state index contributed by atoms with van der Waals surface area (Å²) in [6, 6.07) is 5.73. The van der Waals surface area contributed by atoms with Crippen molar-refractivity contribution in [2.75, 3.05) is 6.16 Å². The average Bonchev–Trinajstić information content (AvgIpc) is 2.73. The van der Waals surface area contributed by atoms with Gasteiger partial charge in [0.25, 0.3) is 5.69 Å². The molecule has 2 unspecified atom stereocenters. The molecule has 0 saturated heterocycles. The molecule has 0 aliphatic heterocycles. The largest absolute Gasteiger partial charge is 0.456 e. The summed E-state index contributed by atoms with van der Waals surface area (Å²) in [5.41, 5.74) is -2.38. The van der Waals surface area contributed by atoms with Crippen molar-refractivity contribution in [3.05, 3.63) is 57.1 Å². The molecule has 0 aliphatic rings. The van der Waals surface area contributed by atoms with Crippen molar-refractivity contribution in [3.8, 4) is 11.5 Å². The van der Waals surface area contributed by atoms with Crippen LogP contribution in [0.15, 0.2) is 36.4 Å². The van der Waals surface area contributed by atoms with E-state index >= 15 is 0 Å². The molecule has 0 N–H and O–H groups in total. The number of alkyl halides is 3. The molecule has 0 saturated carbocycles. The zero-order valence-electron chi connectivity index (χ0n) is 19.5. The first kappa shape index (κ1) is 28.6. The highest BCUT2D eigenvalue weighted by atomic mass is 35.5. The van der Waals surface area contributed by atoms with Crippen molar-refractivity contribution >= 4 is 35.9 Å². The maximum atomic E-state index is 13.7. The summed E-state index contributed by atoms with van der Waals surface area (Å²) in [6.07, 6.45) is -6.09. The predicted octanol–water partition coefficient (Wildman–Crippen LogP) is 6.93. The van der Waals surface area contributed by atoms with Crippen molar-refractivity contribution in [1.29, 1.82) is 0 Å². The van der Waals surface area contributed by atoms with Gasteiger partial charge in [0, 0.05) is 18.3 Å². The summed E-state index contributed by atoms with van der Waals surface area (Å²) in [5.74, 6) is -0.862. The number of rotatable bonds is 8. The number of nitrogens with zero attached hydrogens (tertiary/aromatic N) is 1. The van der Waals surface area contributed by atoms with E-state index in [4.69, 9.17) is 25.6 Å². The minimum Gasteiger partial charge on any atom is -0.456 e. The zero-order valence-corrected chi connectivity index (χ0v) is 21.2. The molecular weight excluding hydrogens is 514 g/mol. The number of hydrogen-bond acceptors (Lipinski definition) is 7. The number of hydrogen-bond donors (Lipinski definition) is 0. The topological polar surface area (TPSA) is 105 Å². The number of halogens is 4. The van der Waals surface area contributed by atoms with Crippen LogP contribution in [0.1, 0.15) is 40.2 Å². The maximum Gasteiger partial charge on any atom is 0.416 e. The Kier molecular flexibility index (Phi) is 8.63. The van der Waals surface area contributed by atoms with Crippen LogP contribution in [0.5, 0.6) is 11.5 Å². The molecule has 0 aliphatic carbocycles. The van der Waals surface area contributed by atoms with Gasteiger partial charge < -0.3 is 9.47 Å². The summed E-state index contributed by atoms with van der Waals surface area (Å²) in [6.45, 7) is 7.64. The Bertz CT molecular complexity index is 1160. The van der Waals surface area contributed by atoms with Gasteiger partial charge in [-0.1, -0.05) is 18.5 Å². The van der Waals surface area contributed by atoms with E-state index in [2.05, 4.69) is 0 Å². The number of esters is 1. The van der Waals surface area contributed by atoms with Crippen LogP contribution in [0, 0.1) is 15.5 Å². The van der Waals surface area contributed by atoms with Gasteiger partial charge in [-0.05, 0) is 52.0 Å². The lowest BCUT2D eigenvalue weighted by atomic mass is 9.97. The van der Waals surface area contributed by atoms with E-state index in [0.717, 1.165) is 24.3 Å². The lowest BCUT2D eigenvalue weighted by molar-refractivity contribution is -0.383. The summed E-state index contributed by atoms with van der Waals surface area (Å²) >= 11 is 5.92. The Hall–Kier alpha value is -2.62. The van der Waals surface area contributed by atoms with Crippen LogP contribution < -0.4 is 10.0 Å². The summed E-state index contributed by atoms with van der Waals surface area (Å²) in [5, 5.41) is 10.9. The molecule has 2 rings (SSSR count). The van der Waals surface area contributed by atoms with Gasteiger partial charge >= 0.3 is 12.1 Å². The van der Waals surface area contributed by atoms with Crippen LogP contribution >= 0.6 is 19.0 Å². The Balaban J connectivity index is 2.43. The number of nitro groups is 1. The Morgan fingerprint density at radius 3 is 2.29 bits per heavy atom. The molecule has 0 spiro atoms. The fourth-order valence-corrected chi connectivity index (χ4v) is 4.95. The second-order valence-corrected chi connectivity index (χ2v) is 11.5. The first-order valence-corrected chi connectivity index (χ1v) is 12.5. The third-order valence-electron chi connectivity index (χ3n) is 4.62. The summed E-state index contributed by atoms with van der Waals surface area (Å²) in [7, 11) is -3.96. The molecule has 2 aromatic carbocycles. The van der Waals surface area contributed by atoms with Gasteiger partial charge in [-0.2, -0.15) is 13.2 Å². The monoisotopic (exact) mass is 537 g/mol. The third-order valence-corrected chi connectivity index (χ3v) is 7.48. The predicted molar refractivity (Wildman–Crippen MR) is 123 cm³/mol. The van der Waals surface area contributed by atoms with Crippen molar-refractivity contribution in [2.45, 2.75) is 47.1 Å². The van der Waals surface area contributed by atoms with Gasteiger partial charge in [0.05, 0.1) is 20.9 Å². The van der Waals surface area contributed by atoms with Gasteiger partial charge in [-0.25, -0.2) is 0 Å². The first-order chi connectivity index (χ1) is 16.0. The highest BCUT2D eigenvalue weighted by molar-refractivity contribution is 7.67. The number of carbonyl (C=O) groups is 1. The molecular formula is C22H24ClF3NO7P. The van der Waals surface area contributed by atoms with Gasteiger partial charge in [-0.15, -0.1) is 0 Å². The van der Waals surface area contributed by atoms with Crippen LogP contribution in [-0.2, 0) is 24.8 Å². The van der Waals surface area contributed by atoms with Gasteiger partial charge in [0.15, 0.2) is 0 Å². The SMILES string of the molecule is CCP(=O)(OC(C)OC(=O)C(C)(C)C)c1cc(Oc2ccc(C(F)(F)F)cc2Cl)ccc1[N+](=O)[O-]. The van der Waals surface area contributed by atoms with E-state index in [0.29, 0.717) is 6.07 Å². The van der Waals surface area contributed by atoms with Crippen LogP contribution in [0.25, 0.3) is 0 Å². The molecule has 2 atom stereocenters. The third kappa shape index (κ3) is 7.19. The van der Waals surface area contributed by atoms with Gasteiger partial charge in [0.1, 0.15) is 16.8 Å². The van der Waals surface area contributed by atoms with E-state index in [9.17, 15) is 32.6 Å². The molecule has 8 nitrogen and oxygen atoms in total. The normalized spacial score (nSPS) is 14.7. The fourth-order valence-electron chi connectivity index (χ4n) is 2.77. The fraction of sp³-hybridized carbons (Fsp3) is 0.409. The highest BCUT2D eigenvalue weighted by Gasteiger charge is 2.36. The van der Waals surface area contributed by atoms with Crippen molar-refractivity contribution in [1.82, 2.24) is 0 Å². The van der Waals surface area contributed by atoms with Crippen molar-refractivity contribution in [2.24, 2.45) is 5.41 Å². The van der Waals surface area contributed by atoms with Gasteiger partial charge in [0.2, 0.25) is 13.7 Å². The Morgan fingerprint density at radius 1 is 1.17 bits per heavy atom. The quantitative estimate of drug-likeness (QED) is 0.118. The van der Waals surface area contributed by atoms with Crippen LogP contribution in [0.2, 0.25) is 5.02 Å². The number of carbonyl (C=O) groups excluding carboxylic acids is 1. The summed E-state index contributed by atoms with van der Waals surface area (Å²) in [4.78, 5) is 23.0. The number of ether oxygens (including phenoxy) is 2. The van der Waals surface area contributed by atoms with Crippen LogP contribution in [0.3, 0.4) is 0 Å². The molecule has 35 heavy (non-hydrogen) atoms. The smallest absolute Gasteiger partial charge is 0.416 e. The second kappa shape index (κ2) is 10.6. The molecule has 2 aromatic rings. The molecule has 13 heteroatoms. The molecule has 0 heterocycles. The highest BCUT2D eigenvalue weighted by Crippen LogP contribution is 2.50. The molecule has 0 amide bonds.